The third-order valence-corrected chi connectivity index (χ3v) is 9.72. The van der Waals surface area contributed by atoms with Crippen LogP contribution in [0.15, 0.2) is 65.8 Å². The topological polar surface area (TPSA) is 98.5 Å². The molecule has 0 aromatic heterocycles. The first-order chi connectivity index (χ1) is 12.9. The number of aliphatic hydroxyl groups excluding tert-OH is 2. The Bertz CT molecular complexity index is 720. The summed E-state index contributed by atoms with van der Waals surface area (Å²) in [6.07, 6.45) is -1.09. The summed E-state index contributed by atoms with van der Waals surface area (Å²) in [5, 5.41) is 25.3. The Hall–Kier alpha value is -2.15. The van der Waals surface area contributed by atoms with Gasteiger partial charge in [-0.15, -0.1) is 0 Å². The zero-order valence-corrected chi connectivity index (χ0v) is 17.0. The Kier molecular flexibility index (Phi) is 7.18. The number of hydrogen-bond donors (Lipinski definition) is 2. The maximum atomic E-state index is 10.4. The average Bonchev–Trinajstić information content (AvgIpc) is 2.67. The lowest BCUT2D eigenvalue weighted by Gasteiger charge is -2.43. The highest BCUT2D eigenvalue weighted by atomic mass is 28.4. The molecule has 2 rings (SSSR count). The van der Waals surface area contributed by atoms with Gasteiger partial charge < -0.3 is 14.6 Å². The molecule has 0 saturated heterocycles. The van der Waals surface area contributed by atoms with Crippen LogP contribution in [0.25, 0.3) is 10.4 Å². The van der Waals surface area contributed by atoms with Crippen molar-refractivity contribution in [3.05, 3.63) is 71.1 Å². The molecule has 0 saturated carbocycles. The van der Waals surface area contributed by atoms with E-state index in [0.717, 1.165) is 10.4 Å². The quantitative estimate of drug-likeness (QED) is 0.316. The molecule has 0 heterocycles. The lowest BCUT2D eigenvalue weighted by Crippen LogP contribution is -2.67. The zero-order chi connectivity index (χ0) is 19.9. The lowest BCUT2D eigenvalue weighted by atomic mass is 10.2. The lowest BCUT2D eigenvalue weighted by molar-refractivity contribution is 0.0607. The number of nitrogens with zero attached hydrogens (tertiary/aromatic N) is 3. The molecule has 2 N–H and O–H groups in total. The van der Waals surface area contributed by atoms with Crippen LogP contribution < -0.4 is 10.4 Å². The molecule has 0 spiro atoms. The third kappa shape index (κ3) is 4.58. The van der Waals surface area contributed by atoms with Crippen molar-refractivity contribution in [2.45, 2.75) is 38.0 Å². The minimum absolute atomic E-state index is 0.0302. The van der Waals surface area contributed by atoms with Crippen LogP contribution in [0, 0.1) is 0 Å². The molecule has 27 heavy (non-hydrogen) atoms. The van der Waals surface area contributed by atoms with E-state index in [4.69, 9.17) is 9.96 Å². The van der Waals surface area contributed by atoms with Gasteiger partial charge in [0.15, 0.2) is 0 Å². The van der Waals surface area contributed by atoms with Gasteiger partial charge in [-0.25, -0.2) is 0 Å². The Morgan fingerprint density at radius 1 is 1.04 bits per heavy atom. The Morgan fingerprint density at radius 3 is 1.89 bits per heavy atom. The molecule has 0 radical (unpaired) electrons. The minimum Gasteiger partial charge on any atom is -0.405 e. The molecule has 2 aromatic carbocycles. The molecule has 0 fully saturated rings. The second-order valence-electron chi connectivity index (χ2n) is 7.50. The zero-order valence-electron chi connectivity index (χ0n) is 16.0. The first-order valence-electron chi connectivity index (χ1n) is 8.95. The standard InChI is InChI=1S/C20H27N3O3Si/c1-20(2,3)27(16-10-6-4-7-11-16,17-12-8-5-9-13-17)26-15-19(25)18(14-24)22-23-21/h4-13,18-19,24-25H,14-15H2,1-3H3/t18-,19+/m1/s1. The van der Waals surface area contributed by atoms with Gasteiger partial charge in [0.25, 0.3) is 8.32 Å². The third-order valence-electron chi connectivity index (χ3n) is 4.72. The first kappa shape index (κ1) is 21.2. The summed E-state index contributed by atoms with van der Waals surface area (Å²) in [4.78, 5) is 2.70. The van der Waals surface area contributed by atoms with Crippen LogP contribution in [-0.4, -0.2) is 43.9 Å². The molecule has 0 aliphatic heterocycles. The van der Waals surface area contributed by atoms with Gasteiger partial charge in [-0.2, -0.15) is 0 Å². The molecule has 2 atom stereocenters. The number of azide groups is 1. The fourth-order valence-corrected chi connectivity index (χ4v) is 7.96. The van der Waals surface area contributed by atoms with Gasteiger partial charge in [-0.1, -0.05) is 86.5 Å². The molecule has 0 amide bonds. The summed E-state index contributed by atoms with van der Waals surface area (Å²) in [7, 11) is -2.77. The molecule has 0 aliphatic carbocycles. The maximum Gasteiger partial charge on any atom is 0.261 e. The second kappa shape index (κ2) is 9.17. The van der Waals surface area contributed by atoms with E-state index in [9.17, 15) is 10.2 Å². The van der Waals surface area contributed by atoms with Crippen molar-refractivity contribution in [3.8, 4) is 0 Å². The van der Waals surface area contributed by atoms with E-state index in [1.165, 1.54) is 0 Å². The number of rotatable bonds is 8. The van der Waals surface area contributed by atoms with Gasteiger partial charge in [-0.05, 0) is 20.9 Å². The van der Waals surface area contributed by atoms with Gasteiger partial charge in [0.1, 0.15) is 0 Å². The normalized spacial score (nSPS) is 14.3. The van der Waals surface area contributed by atoms with Crippen molar-refractivity contribution < 1.29 is 14.6 Å². The average molecular weight is 386 g/mol. The van der Waals surface area contributed by atoms with Gasteiger partial charge in [0, 0.05) is 4.91 Å². The summed E-state index contributed by atoms with van der Waals surface area (Å²) in [6, 6.07) is 19.2. The van der Waals surface area contributed by atoms with Crippen LogP contribution in [0.2, 0.25) is 5.04 Å². The van der Waals surface area contributed by atoms with Crippen molar-refractivity contribution in [1.82, 2.24) is 0 Å². The van der Waals surface area contributed by atoms with Gasteiger partial charge in [0.05, 0.1) is 25.4 Å². The monoisotopic (exact) mass is 385 g/mol. The fourth-order valence-electron chi connectivity index (χ4n) is 3.38. The SMILES string of the molecule is CC(C)(C)[Si](OC[C@H](O)[C@@H](CO)N=[N+]=[N-])(c1ccccc1)c1ccccc1. The van der Waals surface area contributed by atoms with E-state index in [1.807, 2.05) is 36.4 Å². The van der Waals surface area contributed by atoms with E-state index >= 15 is 0 Å². The highest BCUT2D eigenvalue weighted by Gasteiger charge is 2.50. The summed E-state index contributed by atoms with van der Waals surface area (Å²) in [5.74, 6) is 0. The minimum atomic E-state index is -2.77. The Balaban J connectivity index is 2.51. The van der Waals surface area contributed by atoms with Gasteiger partial charge in [0.2, 0.25) is 0 Å². The summed E-state index contributed by atoms with van der Waals surface area (Å²) in [5.41, 5.74) is 8.63. The molecule has 0 unspecified atom stereocenters. The molecule has 0 aliphatic rings. The highest BCUT2D eigenvalue weighted by Crippen LogP contribution is 2.36. The van der Waals surface area contributed by atoms with Crippen molar-refractivity contribution in [2.24, 2.45) is 5.11 Å². The Labute approximate surface area is 161 Å². The largest absolute Gasteiger partial charge is 0.405 e. The molecular formula is C20H27N3O3Si. The van der Waals surface area contributed by atoms with Crippen LogP contribution >= 0.6 is 0 Å². The van der Waals surface area contributed by atoms with Crippen LogP contribution in [0.5, 0.6) is 0 Å². The summed E-state index contributed by atoms with van der Waals surface area (Å²) < 4.78 is 6.55. The van der Waals surface area contributed by atoms with E-state index in [1.54, 1.807) is 0 Å². The van der Waals surface area contributed by atoms with Crippen molar-refractivity contribution in [3.63, 3.8) is 0 Å². The van der Waals surface area contributed by atoms with Crippen LogP contribution in [0.1, 0.15) is 20.8 Å². The van der Waals surface area contributed by atoms with Crippen LogP contribution in [-0.2, 0) is 4.43 Å². The number of benzene rings is 2. The van der Waals surface area contributed by atoms with E-state index < -0.39 is 27.1 Å². The van der Waals surface area contributed by atoms with Crippen molar-refractivity contribution in [2.75, 3.05) is 13.2 Å². The van der Waals surface area contributed by atoms with E-state index in [-0.39, 0.29) is 11.6 Å². The molecule has 6 nitrogen and oxygen atoms in total. The van der Waals surface area contributed by atoms with Gasteiger partial charge >= 0.3 is 0 Å². The molecule has 144 valence electrons. The molecule has 2 aromatic rings. The predicted octanol–water partition coefficient (Wildman–Crippen LogP) is 2.60. The summed E-state index contributed by atoms with van der Waals surface area (Å²) in [6.45, 7) is 5.96. The number of aliphatic hydroxyl groups is 2. The predicted molar refractivity (Wildman–Crippen MR) is 110 cm³/mol. The van der Waals surface area contributed by atoms with Crippen molar-refractivity contribution in [1.29, 1.82) is 0 Å². The Morgan fingerprint density at radius 2 is 1.52 bits per heavy atom. The van der Waals surface area contributed by atoms with E-state index in [0.29, 0.717) is 0 Å². The molecule has 7 heteroatoms. The molecule has 0 bridgehead atoms. The second-order valence-corrected chi connectivity index (χ2v) is 11.8. The maximum absolute atomic E-state index is 10.4. The van der Waals surface area contributed by atoms with Crippen LogP contribution in [0.4, 0.5) is 0 Å². The van der Waals surface area contributed by atoms with E-state index in [2.05, 4.69) is 55.1 Å². The number of hydrogen-bond acceptors (Lipinski definition) is 4. The molecular weight excluding hydrogens is 358 g/mol. The van der Waals surface area contributed by atoms with Crippen molar-refractivity contribution >= 4 is 18.7 Å². The smallest absolute Gasteiger partial charge is 0.261 e. The summed E-state index contributed by atoms with van der Waals surface area (Å²) >= 11 is 0. The first-order valence-corrected chi connectivity index (χ1v) is 10.9. The highest BCUT2D eigenvalue weighted by molar-refractivity contribution is 6.99. The fraction of sp³-hybridized carbons (Fsp3) is 0.400. The van der Waals surface area contributed by atoms with Gasteiger partial charge in [-0.3, -0.25) is 0 Å². The van der Waals surface area contributed by atoms with Crippen LogP contribution in [0.3, 0.4) is 0 Å².